The molecular formula is C15H17BrN2. The monoisotopic (exact) mass is 304 g/mol. The first-order valence-electron chi connectivity index (χ1n) is 6.59. The summed E-state index contributed by atoms with van der Waals surface area (Å²) in [6.07, 6.45) is 10.3. The molecule has 1 fully saturated rings. The summed E-state index contributed by atoms with van der Waals surface area (Å²) in [5.41, 5.74) is 1.32. The molecule has 0 N–H and O–H groups in total. The molecule has 1 aromatic heterocycles. The Morgan fingerprint density at radius 3 is 2.61 bits per heavy atom. The van der Waals surface area contributed by atoms with Crippen molar-refractivity contribution in [3.8, 4) is 0 Å². The van der Waals surface area contributed by atoms with Gasteiger partial charge in [0.2, 0.25) is 0 Å². The molecule has 3 heteroatoms. The van der Waals surface area contributed by atoms with Gasteiger partial charge >= 0.3 is 0 Å². The van der Waals surface area contributed by atoms with Crippen molar-refractivity contribution in [2.75, 3.05) is 0 Å². The van der Waals surface area contributed by atoms with Crippen LogP contribution in [0.15, 0.2) is 41.1 Å². The van der Waals surface area contributed by atoms with E-state index in [0.717, 1.165) is 10.9 Å². The van der Waals surface area contributed by atoms with Gasteiger partial charge in [-0.2, -0.15) is 0 Å². The smallest absolute Gasteiger partial charge is 0.113 e. The number of imidazole rings is 1. The number of hydrogen-bond acceptors (Lipinski definition) is 1. The first kappa shape index (κ1) is 12.0. The molecule has 0 saturated heterocycles. The Morgan fingerprint density at radius 2 is 1.89 bits per heavy atom. The van der Waals surface area contributed by atoms with Crippen molar-refractivity contribution in [1.82, 2.24) is 9.55 Å². The quantitative estimate of drug-likeness (QED) is 0.824. The predicted octanol–water partition coefficient (Wildman–Crippen LogP) is 4.35. The van der Waals surface area contributed by atoms with Crippen LogP contribution in [-0.4, -0.2) is 9.55 Å². The lowest BCUT2D eigenvalue weighted by Crippen LogP contribution is -2.08. The molecule has 18 heavy (non-hydrogen) atoms. The van der Waals surface area contributed by atoms with Crippen molar-refractivity contribution >= 4 is 15.9 Å². The topological polar surface area (TPSA) is 17.8 Å². The zero-order valence-electron chi connectivity index (χ0n) is 10.3. The van der Waals surface area contributed by atoms with E-state index >= 15 is 0 Å². The lowest BCUT2D eigenvalue weighted by Gasteiger charge is -2.14. The third-order valence-electron chi connectivity index (χ3n) is 3.74. The molecule has 0 radical (unpaired) electrons. The largest absolute Gasteiger partial charge is 0.332 e. The van der Waals surface area contributed by atoms with Crippen molar-refractivity contribution < 1.29 is 0 Å². The van der Waals surface area contributed by atoms with E-state index in [1.54, 1.807) is 0 Å². The molecular weight excluding hydrogens is 288 g/mol. The first-order valence-corrected chi connectivity index (χ1v) is 7.38. The Hall–Kier alpha value is -1.09. The second kappa shape index (κ2) is 5.27. The van der Waals surface area contributed by atoms with Gasteiger partial charge in [-0.15, -0.1) is 0 Å². The van der Waals surface area contributed by atoms with Gasteiger partial charge in [0.05, 0.1) is 0 Å². The van der Waals surface area contributed by atoms with Gasteiger partial charge < -0.3 is 4.57 Å². The number of aromatic nitrogens is 2. The van der Waals surface area contributed by atoms with E-state index in [-0.39, 0.29) is 0 Å². The number of nitrogens with zero attached hydrogens (tertiary/aromatic N) is 2. The molecule has 94 valence electrons. The highest BCUT2D eigenvalue weighted by atomic mass is 79.9. The fourth-order valence-corrected chi connectivity index (χ4v) is 3.04. The number of rotatable bonds is 3. The van der Waals surface area contributed by atoms with Crippen LogP contribution in [0.3, 0.4) is 0 Å². The predicted molar refractivity (Wildman–Crippen MR) is 76.7 cm³/mol. The molecule has 1 aliphatic rings. The van der Waals surface area contributed by atoms with E-state index < -0.39 is 0 Å². The van der Waals surface area contributed by atoms with Crippen LogP contribution in [0.4, 0.5) is 0 Å². The SMILES string of the molecule is Brc1ccc(Cc2nccn2C2CCCC2)cc1. The number of benzene rings is 1. The van der Waals surface area contributed by atoms with Gasteiger partial charge in [0, 0.05) is 29.3 Å². The average molecular weight is 305 g/mol. The maximum Gasteiger partial charge on any atom is 0.113 e. The Kier molecular flexibility index (Phi) is 3.50. The molecule has 0 atom stereocenters. The Labute approximate surface area is 116 Å². The van der Waals surface area contributed by atoms with Crippen LogP contribution >= 0.6 is 15.9 Å². The maximum absolute atomic E-state index is 4.53. The van der Waals surface area contributed by atoms with Crippen LogP contribution in [0, 0.1) is 0 Å². The highest BCUT2D eigenvalue weighted by molar-refractivity contribution is 9.10. The fraction of sp³-hybridized carbons (Fsp3) is 0.400. The lowest BCUT2D eigenvalue weighted by atomic mass is 10.1. The molecule has 3 rings (SSSR count). The van der Waals surface area contributed by atoms with Crippen LogP contribution in [0.2, 0.25) is 0 Å². The van der Waals surface area contributed by atoms with Crippen molar-refractivity contribution in [2.24, 2.45) is 0 Å². The van der Waals surface area contributed by atoms with Gasteiger partial charge in [0.25, 0.3) is 0 Å². The second-order valence-electron chi connectivity index (χ2n) is 4.99. The molecule has 2 aromatic rings. The summed E-state index contributed by atoms with van der Waals surface area (Å²) in [6.45, 7) is 0. The van der Waals surface area contributed by atoms with Crippen molar-refractivity contribution in [3.05, 3.63) is 52.5 Å². The Bertz CT molecular complexity index is 510. The third kappa shape index (κ3) is 2.51. The second-order valence-corrected chi connectivity index (χ2v) is 5.91. The lowest BCUT2D eigenvalue weighted by molar-refractivity contribution is 0.501. The average Bonchev–Trinajstić information content (AvgIpc) is 3.02. The van der Waals surface area contributed by atoms with Crippen molar-refractivity contribution in [2.45, 2.75) is 38.1 Å². The van der Waals surface area contributed by atoms with Crippen LogP contribution in [0.1, 0.15) is 43.1 Å². The van der Waals surface area contributed by atoms with Crippen molar-refractivity contribution in [3.63, 3.8) is 0 Å². The summed E-state index contributed by atoms with van der Waals surface area (Å²) in [4.78, 5) is 4.53. The Morgan fingerprint density at radius 1 is 1.17 bits per heavy atom. The van der Waals surface area contributed by atoms with Gasteiger partial charge in [-0.25, -0.2) is 4.98 Å². The fourth-order valence-electron chi connectivity index (χ4n) is 2.78. The minimum absolute atomic E-state index is 0.679. The van der Waals surface area contributed by atoms with Gasteiger partial charge in [-0.1, -0.05) is 40.9 Å². The molecule has 0 amide bonds. The molecule has 2 nitrogen and oxygen atoms in total. The third-order valence-corrected chi connectivity index (χ3v) is 4.27. The number of halogens is 1. The summed E-state index contributed by atoms with van der Waals surface area (Å²) in [6, 6.07) is 9.20. The zero-order valence-corrected chi connectivity index (χ0v) is 11.9. The molecule has 1 aliphatic carbocycles. The van der Waals surface area contributed by atoms with Gasteiger partial charge in [0.15, 0.2) is 0 Å². The van der Waals surface area contributed by atoms with E-state index in [0.29, 0.717) is 6.04 Å². The van der Waals surface area contributed by atoms with Crippen LogP contribution in [0.5, 0.6) is 0 Å². The highest BCUT2D eigenvalue weighted by Gasteiger charge is 2.18. The van der Waals surface area contributed by atoms with Gasteiger partial charge in [-0.3, -0.25) is 0 Å². The minimum atomic E-state index is 0.679. The summed E-state index contributed by atoms with van der Waals surface area (Å²) >= 11 is 3.47. The van der Waals surface area contributed by atoms with Gasteiger partial charge in [0.1, 0.15) is 5.82 Å². The molecule has 0 spiro atoms. The van der Waals surface area contributed by atoms with Crippen LogP contribution < -0.4 is 0 Å². The molecule has 0 unspecified atom stereocenters. The molecule has 0 aliphatic heterocycles. The maximum atomic E-state index is 4.53. The summed E-state index contributed by atoms with van der Waals surface area (Å²) in [5, 5.41) is 0. The highest BCUT2D eigenvalue weighted by Crippen LogP contribution is 2.30. The summed E-state index contributed by atoms with van der Waals surface area (Å²) in [5.74, 6) is 1.20. The van der Waals surface area contributed by atoms with Crippen LogP contribution in [0.25, 0.3) is 0 Å². The number of hydrogen-bond donors (Lipinski definition) is 0. The van der Waals surface area contributed by atoms with Crippen molar-refractivity contribution in [1.29, 1.82) is 0 Å². The van der Waals surface area contributed by atoms with E-state index in [2.05, 4.69) is 55.9 Å². The molecule has 1 aromatic carbocycles. The summed E-state index contributed by atoms with van der Waals surface area (Å²) in [7, 11) is 0. The first-order chi connectivity index (χ1) is 8.83. The van der Waals surface area contributed by atoms with E-state index in [1.165, 1.54) is 37.1 Å². The van der Waals surface area contributed by atoms with E-state index in [1.807, 2.05) is 6.20 Å². The van der Waals surface area contributed by atoms with E-state index in [9.17, 15) is 0 Å². The Balaban J connectivity index is 1.80. The molecule has 0 bridgehead atoms. The van der Waals surface area contributed by atoms with Crippen LogP contribution in [-0.2, 0) is 6.42 Å². The standard InChI is InChI=1S/C15H17BrN2/c16-13-7-5-12(6-8-13)11-15-17-9-10-18(15)14-3-1-2-4-14/h5-10,14H,1-4,11H2. The van der Waals surface area contributed by atoms with Gasteiger partial charge in [-0.05, 0) is 30.5 Å². The summed E-state index contributed by atoms with van der Waals surface area (Å²) < 4.78 is 3.51. The van der Waals surface area contributed by atoms with E-state index in [4.69, 9.17) is 0 Å². The molecule has 1 heterocycles. The normalized spacial score (nSPS) is 16.3. The minimum Gasteiger partial charge on any atom is -0.332 e. The molecule has 1 saturated carbocycles. The zero-order chi connectivity index (χ0) is 12.4.